The van der Waals surface area contributed by atoms with Crippen LogP contribution < -0.4 is 0 Å². The van der Waals surface area contributed by atoms with E-state index in [0.29, 0.717) is 16.2 Å². The summed E-state index contributed by atoms with van der Waals surface area (Å²) in [5, 5.41) is 0. The predicted octanol–water partition coefficient (Wildman–Crippen LogP) is 4.56. The van der Waals surface area contributed by atoms with Crippen LogP contribution in [0, 0.1) is 22.2 Å². The Balaban J connectivity index is 2.10. The molecule has 2 saturated carbocycles. The fraction of sp³-hybridized carbons (Fsp3) is 0.867. The summed E-state index contributed by atoms with van der Waals surface area (Å²) >= 11 is 0. The highest BCUT2D eigenvalue weighted by molar-refractivity contribution is 5.31. The van der Waals surface area contributed by atoms with E-state index in [0.717, 1.165) is 5.92 Å². The number of hydrogen-bond acceptors (Lipinski definition) is 0. The Morgan fingerprint density at radius 3 is 2.60 bits per heavy atom. The number of rotatable bonds is 0. The number of allylic oxidation sites excluding steroid dienone is 2. The largest absolute Gasteiger partial charge is 0.0847 e. The molecule has 0 unspecified atom stereocenters. The van der Waals surface area contributed by atoms with Crippen LogP contribution in [0.4, 0.5) is 0 Å². The van der Waals surface area contributed by atoms with Gasteiger partial charge in [-0.05, 0) is 54.8 Å². The summed E-state index contributed by atoms with van der Waals surface area (Å²) in [7, 11) is 0. The third kappa shape index (κ3) is 0.867. The van der Waals surface area contributed by atoms with Gasteiger partial charge in [0, 0.05) is 0 Å². The highest BCUT2D eigenvalue weighted by Gasteiger charge is 2.69. The third-order valence-electron chi connectivity index (χ3n) is 6.53. The van der Waals surface area contributed by atoms with Crippen LogP contribution >= 0.6 is 0 Å². The van der Waals surface area contributed by atoms with Crippen LogP contribution in [0.5, 0.6) is 0 Å². The lowest BCUT2D eigenvalue weighted by atomic mass is 9.30. The highest BCUT2D eigenvalue weighted by Crippen LogP contribution is 2.78. The minimum absolute atomic E-state index is 0.577. The lowest BCUT2D eigenvalue weighted by Crippen LogP contribution is -2.66. The molecule has 0 heterocycles. The molecule has 1 spiro atoms. The standard InChI is InChI=1S/C15H24/c1-11-6-9-15-10-12(11)14(15,4)8-5-7-13(15,2)3/h6,12H,5,7-10H2,1-4H3/t12-,14-,15-/m1/s1. The van der Waals surface area contributed by atoms with Crippen molar-refractivity contribution >= 4 is 0 Å². The first kappa shape index (κ1) is 9.93. The van der Waals surface area contributed by atoms with Crippen LogP contribution in [-0.2, 0) is 0 Å². The van der Waals surface area contributed by atoms with Crippen molar-refractivity contribution in [2.45, 2.75) is 59.8 Å². The molecule has 4 aliphatic carbocycles. The second kappa shape index (κ2) is 2.52. The lowest BCUT2D eigenvalue weighted by molar-refractivity contribution is -0.225. The summed E-state index contributed by atoms with van der Waals surface area (Å²) in [4.78, 5) is 0. The van der Waals surface area contributed by atoms with E-state index in [4.69, 9.17) is 0 Å². The van der Waals surface area contributed by atoms with Crippen LogP contribution in [-0.4, -0.2) is 0 Å². The maximum absolute atomic E-state index is 2.58. The zero-order valence-electron chi connectivity index (χ0n) is 10.7. The summed E-state index contributed by atoms with van der Waals surface area (Å²) in [6, 6.07) is 0. The quantitative estimate of drug-likeness (QED) is 0.507. The fourth-order valence-electron chi connectivity index (χ4n) is 5.34. The van der Waals surface area contributed by atoms with Crippen molar-refractivity contribution in [2.24, 2.45) is 22.2 Å². The van der Waals surface area contributed by atoms with Gasteiger partial charge < -0.3 is 0 Å². The Morgan fingerprint density at radius 2 is 1.93 bits per heavy atom. The number of fused-ring (bicyclic) bond motifs is 1. The first-order valence-electron chi connectivity index (χ1n) is 6.60. The Labute approximate surface area is 94.1 Å². The van der Waals surface area contributed by atoms with Gasteiger partial charge in [-0.3, -0.25) is 0 Å². The molecule has 0 aromatic carbocycles. The van der Waals surface area contributed by atoms with E-state index < -0.39 is 0 Å². The van der Waals surface area contributed by atoms with Crippen LogP contribution in [0.25, 0.3) is 0 Å². The van der Waals surface area contributed by atoms with Gasteiger partial charge in [-0.25, -0.2) is 0 Å². The predicted molar refractivity (Wildman–Crippen MR) is 64.7 cm³/mol. The maximum Gasteiger partial charge on any atom is -0.0141 e. The summed E-state index contributed by atoms with van der Waals surface area (Å²) in [6.07, 6.45) is 9.77. The van der Waals surface area contributed by atoms with Gasteiger partial charge in [0.1, 0.15) is 0 Å². The van der Waals surface area contributed by atoms with Gasteiger partial charge in [0.05, 0.1) is 0 Å². The molecule has 4 rings (SSSR count). The number of hydrogen-bond donors (Lipinski definition) is 0. The van der Waals surface area contributed by atoms with Crippen molar-refractivity contribution in [2.75, 3.05) is 0 Å². The maximum atomic E-state index is 2.58. The first-order valence-corrected chi connectivity index (χ1v) is 6.60. The molecular formula is C15H24. The average Bonchev–Trinajstić information content (AvgIpc) is 2.14. The summed E-state index contributed by atoms with van der Waals surface area (Å²) < 4.78 is 0. The second-order valence-corrected chi connectivity index (χ2v) is 7.15. The van der Waals surface area contributed by atoms with Crippen LogP contribution in [0.1, 0.15) is 59.8 Å². The highest BCUT2D eigenvalue weighted by atomic mass is 14.7. The van der Waals surface area contributed by atoms with Gasteiger partial charge in [-0.2, -0.15) is 0 Å². The van der Waals surface area contributed by atoms with E-state index in [2.05, 4.69) is 33.8 Å². The topological polar surface area (TPSA) is 0 Å². The lowest BCUT2D eigenvalue weighted by Gasteiger charge is -2.74. The monoisotopic (exact) mass is 204 g/mol. The summed E-state index contributed by atoms with van der Waals surface area (Å²) in [5.74, 6) is 0.922. The minimum atomic E-state index is 0.577. The SMILES string of the molecule is CC1=CC[C@]23C[C@H]1[C@@]2(C)CCCC3(C)C. The second-order valence-electron chi connectivity index (χ2n) is 7.15. The Morgan fingerprint density at radius 1 is 1.20 bits per heavy atom. The van der Waals surface area contributed by atoms with E-state index in [9.17, 15) is 0 Å². The molecule has 0 N–H and O–H groups in total. The van der Waals surface area contributed by atoms with Gasteiger partial charge >= 0.3 is 0 Å². The van der Waals surface area contributed by atoms with Crippen molar-refractivity contribution in [3.8, 4) is 0 Å². The fourth-order valence-corrected chi connectivity index (χ4v) is 5.34. The molecule has 0 aliphatic heterocycles. The zero-order valence-corrected chi connectivity index (χ0v) is 10.7. The van der Waals surface area contributed by atoms with E-state index in [-0.39, 0.29) is 0 Å². The van der Waals surface area contributed by atoms with Gasteiger partial charge in [-0.1, -0.05) is 38.8 Å². The average molecular weight is 204 g/mol. The molecule has 0 heteroatoms. The molecule has 84 valence electrons. The molecule has 4 aliphatic rings. The van der Waals surface area contributed by atoms with Crippen molar-refractivity contribution in [1.29, 1.82) is 0 Å². The summed E-state index contributed by atoms with van der Waals surface area (Å²) in [6.45, 7) is 9.99. The molecule has 3 atom stereocenters. The molecular weight excluding hydrogens is 180 g/mol. The zero-order chi connectivity index (χ0) is 10.9. The smallest absolute Gasteiger partial charge is 0.0141 e. The molecule has 0 aromatic heterocycles. The van der Waals surface area contributed by atoms with Crippen molar-refractivity contribution < 1.29 is 0 Å². The molecule has 0 nitrogen and oxygen atoms in total. The van der Waals surface area contributed by atoms with Gasteiger partial charge in [0.25, 0.3) is 0 Å². The van der Waals surface area contributed by atoms with E-state index in [1.165, 1.54) is 32.1 Å². The first-order chi connectivity index (χ1) is 6.93. The van der Waals surface area contributed by atoms with E-state index in [1.54, 1.807) is 5.57 Å². The van der Waals surface area contributed by atoms with E-state index >= 15 is 0 Å². The van der Waals surface area contributed by atoms with Crippen molar-refractivity contribution in [1.82, 2.24) is 0 Å². The van der Waals surface area contributed by atoms with Crippen LogP contribution in [0.15, 0.2) is 11.6 Å². The third-order valence-corrected chi connectivity index (χ3v) is 6.53. The summed E-state index contributed by atoms with van der Waals surface area (Å²) in [5.41, 5.74) is 3.57. The Hall–Kier alpha value is -0.260. The Kier molecular flexibility index (Phi) is 1.67. The molecule has 0 aromatic rings. The van der Waals surface area contributed by atoms with Crippen molar-refractivity contribution in [3.63, 3.8) is 0 Å². The molecule has 15 heavy (non-hydrogen) atoms. The molecule has 2 bridgehead atoms. The van der Waals surface area contributed by atoms with Crippen LogP contribution in [0.3, 0.4) is 0 Å². The van der Waals surface area contributed by atoms with Crippen LogP contribution in [0.2, 0.25) is 0 Å². The molecule has 0 saturated heterocycles. The minimum Gasteiger partial charge on any atom is -0.0847 e. The van der Waals surface area contributed by atoms with Gasteiger partial charge in [0.2, 0.25) is 0 Å². The molecule has 0 amide bonds. The van der Waals surface area contributed by atoms with E-state index in [1.807, 2.05) is 0 Å². The normalized spacial score (nSPS) is 51.5. The Bertz CT molecular complexity index is 336. The van der Waals surface area contributed by atoms with Gasteiger partial charge in [0.15, 0.2) is 0 Å². The molecule has 0 radical (unpaired) electrons. The van der Waals surface area contributed by atoms with Crippen molar-refractivity contribution in [3.05, 3.63) is 11.6 Å². The van der Waals surface area contributed by atoms with Gasteiger partial charge in [-0.15, -0.1) is 0 Å². The molecule has 2 fully saturated rings.